The fourth-order valence-corrected chi connectivity index (χ4v) is 1.89. The van der Waals surface area contributed by atoms with E-state index in [2.05, 4.69) is 5.32 Å². The van der Waals surface area contributed by atoms with E-state index < -0.39 is 17.1 Å². The van der Waals surface area contributed by atoms with Crippen LogP contribution in [0.1, 0.15) is 17.2 Å². The van der Waals surface area contributed by atoms with Crippen LogP contribution < -0.4 is 5.32 Å². The summed E-state index contributed by atoms with van der Waals surface area (Å²) in [7, 11) is 0. The van der Waals surface area contributed by atoms with Gasteiger partial charge in [0.1, 0.15) is 12.7 Å². The van der Waals surface area contributed by atoms with E-state index in [0.29, 0.717) is 12.1 Å². The van der Waals surface area contributed by atoms with Crippen molar-refractivity contribution < 1.29 is 19.6 Å². The van der Waals surface area contributed by atoms with E-state index in [9.17, 15) is 20.0 Å². The SMILES string of the molecule is O=C(NCc1ccccc1)OCC(O)c1ccc([N+](=O)[O-])cc1. The van der Waals surface area contributed by atoms with Gasteiger partial charge in [-0.2, -0.15) is 0 Å². The van der Waals surface area contributed by atoms with Gasteiger partial charge < -0.3 is 15.2 Å². The molecule has 1 amide bonds. The van der Waals surface area contributed by atoms with Crippen molar-refractivity contribution in [1.29, 1.82) is 0 Å². The van der Waals surface area contributed by atoms with Crippen molar-refractivity contribution in [3.8, 4) is 0 Å². The standard InChI is InChI=1S/C16H16N2O5/c19-15(13-6-8-14(9-7-13)18(21)22)11-23-16(20)17-10-12-4-2-1-3-5-12/h1-9,15,19H,10-11H2,(H,17,20). The van der Waals surface area contributed by atoms with Crippen LogP contribution in [-0.4, -0.2) is 22.7 Å². The minimum atomic E-state index is -1.04. The number of nitrogens with zero attached hydrogens (tertiary/aromatic N) is 1. The van der Waals surface area contributed by atoms with Crippen LogP contribution in [0.3, 0.4) is 0 Å². The lowest BCUT2D eigenvalue weighted by Crippen LogP contribution is -2.25. The van der Waals surface area contributed by atoms with Crippen LogP contribution in [0.4, 0.5) is 10.5 Å². The number of ether oxygens (including phenoxy) is 1. The molecule has 23 heavy (non-hydrogen) atoms. The summed E-state index contributed by atoms with van der Waals surface area (Å²) < 4.78 is 4.92. The number of carbonyl (C=O) groups is 1. The average molecular weight is 316 g/mol. The molecule has 2 aromatic rings. The Labute approximate surface area is 132 Å². The lowest BCUT2D eigenvalue weighted by atomic mass is 10.1. The highest BCUT2D eigenvalue weighted by molar-refractivity contribution is 5.67. The van der Waals surface area contributed by atoms with Gasteiger partial charge in [-0.25, -0.2) is 4.79 Å². The fourth-order valence-electron chi connectivity index (χ4n) is 1.89. The second kappa shape index (κ2) is 7.90. The maximum atomic E-state index is 11.6. The number of nitro groups is 1. The van der Waals surface area contributed by atoms with Crippen LogP contribution in [-0.2, 0) is 11.3 Å². The summed E-state index contributed by atoms with van der Waals surface area (Å²) in [6.07, 6.45) is -1.69. The Morgan fingerprint density at radius 2 is 1.83 bits per heavy atom. The molecule has 0 aromatic heterocycles. The minimum Gasteiger partial charge on any atom is -0.446 e. The summed E-state index contributed by atoms with van der Waals surface area (Å²) >= 11 is 0. The molecular weight excluding hydrogens is 300 g/mol. The van der Waals surface area contributed by atoms with Crippen LogP contribution in [0, 0.1) is 10.1 Å². The molecule has 0 saturated carbocycles. The molecule has 0 aliphatic rings. The molecule has 7 nitrogen and oxygen atoms in total. The number of rotatable bonds is 6. The van der Waals surface area contributed by atoms with E-state index in [4.69, 9.17) is 4.74 Å². The molecule has 2 aromatic carbocycles. The maximum absolute atomic E-state index is 11.6. The minimum absolute atomic E-state index is 0.0672. The van der Waals surface area contributed by atoms with Crippen molar-refractivity contribution in [2.45, 2.75) is 12.6 Å². The Bertz CT molecular complexity index is 658. The van der Waals surface area contributed by atoms with Crippen molar-refractivity contribution >= 4 is 11.8 Å². The average Bonchev–Trinajstić information content (AvgIpc) is 2.58. The fraction of sp³-hybridized carbons (Fsp3) is 0.188. The summed E-state index contributed by atoms with van der Waals surface area (Å²) in [5.41, 5.74) is 1.30. The highest BCUT2D eigenvalue weighted by atomic mass is 16.6. The van der Waals surface area contributed by atoms with Crippen LogP contribution in [0.5, 0.6) is 0 Å². The highest BCUT2D eigenvalue weighted by Crippen LogP contribution is 2.17. The molecule has 0 heterocycles. The van der Waals surface area contributed by atoms with Gasteiger partial charge in [0.25, 0.3) is 5.69 Å². The molecule has 1 atom stereocenters. The van der Waals surface area contributed by atoms with Crippen LogP contribution >= 0.6 is 0 Å². The molecule has 2 N–H and O–H groups in total. The number of benzene rings is 2. The molecule has 0 aliphatic heterocycles. The molecule has 0 bridgehead atoms. The Balaban J connectivity index is 1.78. The predicted molar refractivity (Wildman–Crippen MR) is 82.7 cm³/mol. The lowest BCUT2D eigenvalue weighted by molar-refractivity contribution is -0.384. The second-order valence-electron chi connectivity index (χ2n) is 4.80. The number of non-ortho nitro benzene ring substituents is 1. The zero-order valence-corrected chi connectivity index (χ0v) is 12.2. The lowest BCUT2D eigenvalue weighted by Gasteiger charge is -2.12. The van der Waals surface area contributed by atoms with Crippen LogP contribution in [0.25, 0.3) is 0 Å². The first-order valence-electron chi connectivity index (χ1n) is 6.93. The number of hydrogen-bond donors (Lipinski definition) is 2. The number of hydrogen-bond acceptors (Lipinski definition) is 5. The van der Waals surface area contributed by atoms with E-state index in [-0.39, 0.29) is 12.3 Å². The van der Waals surface area contributed by atoms with Crippen LogP contribution in [0.15, 0.2) is 54.6 Å². The topological polar surface area (TPSA) is 102 Å². The summed E-state index contributed by atoms with van der Waals surface area (Å²) in [5.74, 6) is 0. The van der Waals surface area contributed by atoms with Gasteiger partial charge in [-0.1, -0.05) is 30.3 Å². The predicted octanol–water partition coefficient (Wildman–Crippen LogP) is 2.55. The first kappa shape index (κ1) is 16.4. The number of alkyl carbamates (subject to hydrolysis) is 1. The van der Waals surface area contributed by atoms with Gasteiger partial charge in [0.2, 0.25) is 0 Å². The Morgan fingerprint density at radius 1 is 1.17 bits per heavy atom. The largest absolute Gasteiger partial charge is 0.446 e. The van der Waals surface area contributed by atoms with Crippen molar-refractivity contribution in [1.82, 2.24) is 5.32 Å². The van der Waals surface area contributed by atoms with Gasteiger partial charge in [0.05, 0.1) is 4.92 Å². The number of aliphatic hydroxyl groups is 1. The number of carbonyl (C=O) groups excluding carboxylic acids is 1. The third kappa shape index (κ3) is 5.08. The molecule has 2 rings (SSSR count). The van der Waals surface area contributed by atoms with Crippen LogP contribution in [0.2, 0.25) is 0 Å². The number of amides is 1. The van der Waals surface area contributed by atoms with Gasteiger partial charge in [0.15, 0.2) is 0 Å². The maximum Gasteiger partial charge on any atom is 0.407 e. The first-order valence-corrected chi connectivity index (χ1v) is 6.93. The summed E-state index contributed by atoms with van der Waals surface area (Å²) in [6.45, 7) is 0.0890. The van der Waals surface area contributed by atoms with Crippen molar-refractivity contribution in [3.63, 3.8) is 0 Å². The zero-order chi connectivity index (χ0) is 16.7. The van der Waals surface area contributed by atoms with Crippen molar-refractivity contribution in [2.75, 3.05) is 6.61 Å². The third-order valence-electron chi connectivity index (χ3n) is 3.14. The Morgan fingerprint density at radius 3 is 2.43 bits per heavy atom. The monoisotopic (exact) mass is 316 g/mol. The van der Waals surface area contributed by atoms with Gasteiger partial charge >= 0.3 is 6.09 Å². The molecule has 0 radical (unpaired) electrons. The Hall–Kier alpha value is -2.93. The smallest absolute Gasteiger partial charge is 0.407 e. The molecule has 7 heteroatoms. The molecule has 0 aliphatic carbocycles. The second-order valence-corrected chi connectivity index (χ2v) is 4.80. The van der Waals surface area contributed by atoms with Gasteiger partial charge in [0, 0.05) is 18.7 Å². The zero-order valence-electron chi connectivity index (χ0n) is 12.2. The molecule has 1 unspecified atom stereocenters. The summed E-state index contributed by atoms with van der Waals surface area (Å²) in [6, 6.07) is 14.8. The molecule has 120 valence electrons. The Kier molecular flexibility index (Phi) is 5.65. The number of aliphatic hydroxyl groups excluding tert-OH is 1. The first-order chi connectivity index (χ1) is 11.1. The normalized spacial score (nSPS) is 11.5. The molecule has 0 saturated heterocycles. The van der Waals surface area contributed by atoms with Gasteiger partial charge in [-0.15, -0.1) is 0 Å². The summed E-state index contributed by atoms with van der Waals surface area (Å²) in [4.78, 5) is 21.6. The van der Waals surface area contributed by atoms with E-state index in [1.165, 1.54) is 24.3 Å². The van der Waals surface area contributed by atoms with Crippen molar-refractivity contribution in [3.05, 3.63) is 75.8 Å². The number of nitrogens with one attached hydrogen (secondary N) is 1. The van der Waals surface area contributed by atoms with Crippen molar-refractivity contribution in [2.24, 2.45) is 0 Å². The quantitative estimate of drug-likeness (QED) is 0.630. The van der Waals surface area contributed by atoms with Gasteiger partial charge in [-0.05, 0) is 23.3 Å². The van der Waals surface area contributed by atoms with E-state index in [1.807, 2.05) is 30.3 Å². The third-order valence-corrected chi connectivity index (χ3v) is 3.14. The van der Waals surface area contributed by atoms with Gasteiger partial charge in [-0.3, -0.25) is 10.1 Å². The molecule has 0 fully saturated rings. The number of nitro benzene ring substituents is 1. The summed E-state index contributed by atoms with van der Waals surface area (Å²) in [5, 5.41) is 23.0. The molecular formula is C16H16N2O5. The van der Waals surface area contributed by atoms with E-state index in [0.717, 1.165) is 5.56 Å². The van der Waals surface area contributed by atoms with E-state index >= 15 is 0 Å². The highest BCUT2D eigenvalue weighted by Gasteiger charge is 2.13. The molecule has 0 spiro atoms. The van der Waals surface area contributed by atoms with E-state index in [1.54, 1.807) is 0 Å².